The van der Waals surface area contributed by atoms with Crippen LogP contribution in [-0.4, -0.2) is 0 Å². The van der Waals surface area contributed by atoms with Gasteiger partial charge in [0.15, 0.2) is 0 Å². The Morgan fingerprint density at radius 1 is 0.600 bits per heavy atom. The maximum atomic E-state index is 2.41. The second-order valence-electron chi connectivity index (χ2n) is 7.41. The minimum Gasteiger partial charge on any atom is -0.0619 e. The number of rotatable bonds is 0. The van der Waals surface area contributed by atoms with Crippen molar-refractivity contribution in [2.45, 2.75) is 19.8 Å². The molecule has 4 aromatic rings. The summed E-state index contributed by atoms with van der Waals surface area (Å²) in [5, 5.41) is 2.81. The zero-order valence-corrected chi connectivity index (χ0v) is 14.3. The van der Waals surface area contributed by atoms with Crippen LogP contribution in [0.5, 0.6) is 0 Å². The molecule has 0 fully saturated rings. The lowest BCUT2D eigenvalue weighted by Gasteiger charge is -2.13. The van der Waals surface area contributed by atoms with Crippen LogP contribution < -0.4 is 0 Å². The lowest BCUT2D eigenvalue weighted by atomic mass is 9.91. The maximum absolute atomic E-state index is 2.41. The standard InChI is InChI=1S/C25H18/c1-15-12-18-13-17-10-11-21-20-8-3-2-6-16(20)14-23(21)24(17)25(18)22-9-5-4-7-19(15)22/h2-12H,13-14H2,1H3. The minimum atomic E-state index is 1.07. The predicted molar refractivity (Wildman–Crippen MR) is 105 cm³/mol. The van der Waals surface area contributed by atoms with Gasteiger partial charge < -0.3 is 0 Å². The lowest BCUT2D eigenvalue weighted by Crippen LogP contribution is -1.90. The van der Waals surface area contributed by atoms with Crippen LogP contribution >= 0.6 is 0 Å². The van der Waals surface area contributed by atoms with Crippen LogP contribution in [0.4, 0.5) is 0 Å². The number of hydrogen-bond acceptors (Lipinski definition) is 0. The molecule has 118 valence electrons. The Morgan fingerprint density at radius 3 is 2.32 bits per heavy atom. The molecule has 0 spiro atoms. The SMILES string of the molecule is Cc1cc2c(c3ccccc13)-c1c(ccc3c1Cc1ccccc1-3)C2. The van der Waals surface area contributed by atoms with Crippen LogP contribution in [0.25, 0.3) is 33.0 Å². The van der Waals surface area contributed by atoms with E-state index in [1.165, 1.54) is 60.8 Å². The first-order valence-corrected chi connectivity index (χ1v) is 9.06. The minimum absolute atomic E-state index is 1.07. The highest BCUT2D eigenvalue weighted by Gasteiger charge is 2.29. The fourth-order valence-electron chi connectivity index (χ4n) is 4.99. The molecule has 25 heavy (non-hydrogen) atoms. The number of aryl methyl sites for hydroxylation is 1. The smallest absolute Gasteiger partial charge is 0.000718 e. The predicted octanol–water partition coefficient (Wildman–Crippen LogP) is 6.29. The highest BCUT2D eigenvalue weighted by atomic mass is 14.3. The highest BCUT2D eigenvalue weighted by molar-refractivity contribution is 6.05. The van der Waals surface area contributed by atoms with Crippen LogP contribution in [-0.2, 0) is 12.8 Å². The van der Waals surface area contributed by atoms with Gasteiger partial charge in [0.1, 0.15) is 0 Å². The maximum Gasteiger partial charge on any atom is -0.000718 e. The molecule has 0 N–H and O–H groups in total. The Labute approximate surface area is 147 Å². The second-order valence-corrected chi connectivity index (χ2v) is 7.41. The molecule has 0 nitrogen and oxygen atoms in total. The fourth-order valence-corrected chi connectivity index (χ4v) is 4.99. The van der Waals surface area contributed by atoms with Crippen LogP contribution in [0.2, 0.25) is 0 Å². The monoisotopic (exact) mass is 318 g/mol. The molecule has 0 heterocycles. The van der Waals surface area contributed by atoms with Crippen molar-refractivity contribution >= 4 is 10.8 Å². The fraction of sp³-hybridized carbons (Fsp3) is 0.120. The van der Waals surface area contributed by atoms with Gasteiger partial charge in [0.25, 0.3) is 0 Å². The summed E-state index contributed by atoms with van der Waals surface area (Å²) in [6.45, 7) is 2.24. The van der Waals surface area contributed by atoms with E-state index in [4.69, 9.17) is 0 Å². The van der Waals surface area contributed by atoms with Crippen LogP contribution in [0, 0.1) is 6.92 Å². The molecule has 0 saturated heterocycles. The number of hydrogen-bond donors (Lipinski definition) is 0. The van der Waals surface area contributed by atoms with E-state index in [1.54, 1.807) is 0 Å². The summed E-state index contributed by atoms with van der Waals surface area (Å²) < 4.78 is 0. The van der Waals surface area contributed by atoms with E-state index in [9.17, 15) is 0 Å². The van der Waals surface area contributed by atoms with Gasteiger partial charge >= 0.3 is 0 Å². The molecular weight excluding hydrogens is 300 g/mol. The average molecular weight is 318 g/mol. The largest absolute Gasteiger partial charge is 0.0619 e. The molecule has 2 aliphatic rings. The molecule has 0 radical (unpaired) electrons. The molecule has 4 aromatic carbocycles. The van der Waals surface area contributed by atoms with Crippen LogP contribution in [0.3, 0.4) is 0 Å². The first-order chi connectivity index (χ1) is 12.3. The summed E-state index contributed by atoms with van der Waals surface area (Å²) in [5.74, 6) is 0. The summed E-state index contributed by atoms with van der Waals surface area (Å²) in [5.41, 5.74) is 13.2. The third kappa shape index (κ3) is 1.67. The van der Waals surface area contributed by atoms with Crippen molar-refractivity contribution in [1.82, 2.24) is 0 Å². The van der Waals surface area contributed by atoms with Gasteiger partial charge in [-0.2, -0.15) is 0 Å². The summed E-state index contributed by atoms with van der Waals surface area (Å²) in [4.78, 5) is 0. The molecule has 0 heteroatoms. The lowest BCUT2D eigenvalue weighted by molar-refractivity contribution is 1.23. The van der Waals surface area contributed by atoms with E-state index in [2.05, 4.69) is 73.7 Å². The first-order valence-electron chi connectivity index (χ1n) is 9.06. The molecular formula is C25H18. The Balaban J connectivity index is 1.72. The van der Waals surface area contributed by atoms with Gasteiger partial charge in [0.2, 0.25) is 0 Å². The summed E-state index contributed by atoms with van der Waals surface area (Å²) in [6.07, 6.45) is 2.14. The third-order valence-corrected chi connectivity index (χ3v) is 6.04. The third-order valence-electron chi connectivity index (χ3n) is 6.04. The van der Waals surface area contributed by atoms with Crippen molar-refractivity contribution in [2.75, 3.05) is 0 Å². The van der Waals surface area contributed by atoms with E-state index in [0.717, 1.165) is 12.8 Å². The Kier molecular flexibility index (Phi) is 2.48. The van der Waals surface area contributed by atoms with Crippen molar-refractivity contribution < 1.29 is 0 Å². The first kappa shape index (κ1) is 13.4. The number of fused-ring (bicyclic) bond motifs is 9. The molecule has 6 rings (SSSR count). The number of benzene rings is 4. The summed E-state index contributed by atoms with van der Waals surface area (Å²) in [6, 6.07) is 24.9. The second kappa shape index (κ2) is 4.61. The van der Waals surface area contributed by atoms with Gasteiger partial charge in [0, 0.05) is 0 Å². The molecule has 0 bridgehead atoms. The van der Waals surface area contributed by atoms with Crippen molar-refractivity contribution in [3.63, 3.8) is 0 Å². The summed E-state index contributed by atoms with van der Waals surface area (Å²) >= 11 is 0. The normalized spacial score (nSPS) is 13.5. The molecule has 0 amide bonds. The van der Waals surface area contributed by atoms with Crippen LogP contribution in [0.15, 0.2) is 66.7 Å². The average Bonchev–Trinajstić information content (AvgIpc) is 3.19. The van der Waals surface area contributed by atoms with Gasteiger partial charge in [-0.15, -0.1) is 0 Å². The van der Waals surface area contributed by atoms with Crippen molar-refractivity contribution in [3.05, 3.63) is 94.5 Å². The molecule has 0 atom stereocenters. The van der Waals surface area contributed by atoms with Gasteiger partial charge in [0.05, 0.1) is 0 Å². The van der Waals surface area contributed by atoms with E-state index in [-0.39, 0.29) is 0 Å². The van der Waals surface area contributed by atoms with E-state index < -0.39 is 0 Å². The van der Waals surface area contributed by atoms with Crippen molar-refractivity contribution in [1.29, 1.82) is 0 Å². The van der Waals surface area contributed by atoms with Gasteiger partial charge in [-0.25, -0.2) is 0 Å². The quantitative estimate of drug-likeness (QED) is 0.309. The van der Waals surface area contributed by atoms with Crippen molar-refractivity contribution in [3.8, 4) is 22.3 Å². The van der Waals surface area contributed by atoms with Gasteiger partial charge in [-0.1, -0.05) is 66.7 Å². The zero-order chi connectivity index (χ0) is 16.5. The van der Waals surface area contributed by atoms with E-state index >= 15 is 0 Å². The van der Waals surface area contributed by atoms with Gasteiger partial charge in [-0.05, 0) is 80.6 Å². The van der Waals surface area contributed by atoms with Crippen LogP contribution in [0.1, 0.15) is 27.8 Å². The van der Waals surface area contributed by atoms with Gasteiger partial charge in [-0.3, -0.25) is 0 Å². The Morgan fingerprint density at radius 2 is 1.40 bits per heavy atom. The van der Waals surface area contributed by atoms with E-state index in [1.807, 2.05) is 0 Å². The molecule has 0 aliphatic heterocycles. The van der Waals surface area contributed by atoms with Crippen molar-refractivity contribution in [2.24, 2.45) is 0 Å². The van der Waals surface area contributed by atoms with E-state index in [0.29, 0.717) is 0 Å². The molecule has 2 aliphatic carbocycles. The Hall–Kier alpha value is -2.86. The topological polar surface area (TPSA) is 0 Å². The zero-order valence-electron chi connectivity index (χ0n) is 14.3. The highest BCUT2D eigenvalue weighted by Crippen LogP contribution is 2.49. The molecule has 0 unspecified atom stereocenters. The Bertz CT molecular complexity index is 1190. The molecule has 0 saturated carbocycles. The molecule has 0 aromatic heterocycles. The summed E-state index contributed by atoms with van der Waals surface area (Å²) in [7, 11) is 0.